The molecule has 64 valence electrons. The summed E-state index contributed by atoms with van der Waals surface area (Å²) in [4.78, 5) is 0. The minimum Gasteiger partial charge on any atom is -0.322 e. The Bertz CT molecular complexity index is 318. The largest absolute Gasteiger partial charge is 0.322 e. The molecule has 1 aliphatic rings. The Morgan fingerprint density at radius 2 is 2.25 bits per heavy atom. The maximum atomic E-state index is 13.2. The predicted molar refractivity (Wildman–Crippen MR) is 46.3 cm³/mol. The third-order valence-corrected chi connectivity index (χ3v) is 2.63. The van der Waals surface area contributed by atoms with Crippen molar-refractivity contribution >= 4 is 0 Å². The summed E-state index contributed by atoms with van der Waals surface area (Å²) in [5.41, 5.74) is 7.45. The zero-order valence-corrected chi connectivity index (χ0v) is 7.10. The van der Waals surface area contributed by atoms with Crippen molar-refractivity contribution in [1.29, 1.82) is 0 Å². The molecule has 0 radical (unpaired) electrons. The van der Waals surface area contributed by atoms with Gasteiger partial charge in [0.1, 0.15) is 5.82 Å². The van der Waals surface area contributed by atoms with Crippen molar-refractivity contribution in [3.8, 4) is 0 Å². The number of hydrogen-bond donors (Lipinski definition) is 1. The highest BCUT2D eigenvalue weighted by atomic mass is 19.1. The standard InChI is InChI=1S/C10H12FN/c1-10(12)6-5-7-8(10)3-2-4-9(7)11/h2-4H,5-6,12H2,1H3. The predicted octanol–water partition coefficient (Wildman–Crippen LogP) is 1.95. The fourth-order valence-corrected chi connectivity index (χ4v) is 1.87. The number of rotatable bonds is 0. The van der Waals surface area contributed by atoms with Crippen molar-refractivity contribution in [2.75, 3.05) is 0 Å². The van der Waals surface area contributed by atoms with Gasteiger partial charge in [-0.05, 0) is 37.0 Å². The van der Waals surface area contributed by atoms with E-state index in [-0.39, 0.29) is 11.4 Å². The SMILES string of the molecule is CC1(N)CCc2c(F)cccc21. The number of fused-ring (bicyclic) bond motifs is 1. The second-order valence-corrected chi connectivity index (χ2v) is 3.68. The molecule has 0 aromatic heterocycles. The minimum absolute atomic E-state index is 0.110. The number of halogens is 1. The van der Waals surface area contributed by atoms with E-state index >= 15 is 0 Å². The van der Waals surface area contributed by atoms with Gasteiger partial charge in [-0.2, -0.15) is 0 Å². The van der Waals surface area contributed by atoms with E-state index in [1.807, 2.05) is 13.0 Å². The molecule has 1 aromatic carbocycles. The Morgan fingerprint density at radius 3 is 2.92 bits per heavy atom. The molecule has 2 rings (SSSR count). The van der Waals surface area contributed by atoms with Crippen LogP contribution < -0.4 is 5.73 Å². The molecule has 1 aromatic rings. The van der Waals surface area contributed by atoms with Gasteiger partial charge in [-0.3, -0.25) is 0 Å². The van der Waals surface area contributed by atoms with E-state index in [1.165, 1.54) is 6.07 Å². The van der Waals surface area contributed by atoms with Crippen LogP contribution in [0.2, 0.25) is 0 Å². The lowest BCUT2D eigenvalue weighted by Crippen LogP contribution is -2.29. The zero-order chi connectivity index (χ0) is 8.77. The van der Waals surface area contributed by atoms with E-state index in [0.717, 1.165) is 24.0 Å². The Balaban J connectivity index is 2.61. The van der Waals surface area contributed by atoms with E-state index in [4.69, 9.17) is 5.73 Å². The van der Waals surface area contributed by atoms with Gasteiger partial charge >= 0.3 is 0 Å². The van der Waals surface area contributed by atoms with Gasteiger partial charge in [0.05, 0.1) is 0 Å². The average molecular weight is 165 g/mol. The first kappa shape index (κ1) is 7.74. The highest BCUT2D eigenvalue weighted by Gasteiger charge is 2.31. The quantitative estimate of drug-likeness (QED) is 0.624. The van der Waals surface area contributed by atoms with Crippen LogP contribution in [-0.2, 0) is 12.0 Å². The van der Waals surface area contributed by atoms with Crippen molar-refractivity contribution in [3.63, 3.8) is 0 Å². The summed E-state index contributed by atoms with van der Waals surface area (Å²) in [6.45, 7) is 1.96. The summed E-state index contributed by atoms with van der Waals surface area (Å²) in [6, 6.07) is 5.15. The van der Waals surface area contributed by atoms with E-state index in [1.54, 1.807) is 6.07 Å². The second-order valence-electron chi connectivity index (χ2n) is 3.68. The van der Waals surface area contributed by atoms with Gasteiger partial charge in [0.15, 0.2) is 0 Å². The molecule has 1 unspecified atom stereocenters. The molecule has 0 heterocycles. The highest BCUT2D eigenvalue weighted by Crippen LogP contribution is 2.35. The Hall–Kier alpha value is -0.890. The molecule has 0 fully saturated rings. The van der Waals surface area contributed by atoms with E-state index in [2.05, 4.69) is 0 Å². The van der Waals surface area contributed by atoms with E-state index in [0.29, 0.717) is 0 Å². The second kappa shape index (κ2) is 2.30. The van der Waals surface area contributed by atoms with Crippen LogP contribution in [0.1, 0.15) is 24.5 Å². The summed E-state index contributed by atoms with van der Waals surface area (Å²) >= 11 is 0. The molecule has 0 saturated carbocycles. The molecule has 2 heteroatoms. The maximum absolute atomic E-state index is 13.2. The molecule has 0 spiro atoms. The number of benzene rings is 1. The van der Waals surface area contributed by atoms with Gasteiger partial charge in [0, 0.05) is 5.54 Å². The van der Waals surface area contributed by atoms with Crippen LogP contribution in [0.3, 0.4) is 0 Å². The molecule has 0 amide bonds. The van der Waals surface area contributed by atoms with Crippen LogP contribution >= 0.6 is 0 Å². The van der Waals surface area contributed by atoms with Crippen LogP contribution in [0, 0.1) is 5.82 Å². The van der Waals surface area contributed by atoms with Crippen molar-refractivity contribution < 1.29 is 4.39 Å². The summed E-state index contributed by atoms with van der Waals surface area (Å²) < 4.78 is 13.2. The summed E-state index contributed by atoms with van der Waals surface area (Å²) in [6.07, 6.45) is 1.62. The molecule has 1 aliphatic carbocycles. The first-order chi connectivity index (χ1) is 5.61. The van der Waals surface area contributed by atoms with Crippen LogP contribution in [0.25, 0.3) is 0 Å². The van der Waals surface area contributed by atoms with E-state index in [9.17, 15) is 4.39 Å². The van der Waals surface area contributed by atoms with Crippen molar-refractivity contribution in [2.45, 2.75) is 25.3 Å². The maximum Gasteiger partial charge on any atom is 0.126 e. The molecule has 0 saturated heterocycles. The zero-order valence-electron chi connectivity index (χ0n) is 7.10. The lowest BCUT2D eigenvalue weighted by atomic mass is 9.96. The van der Waals surface area contributed by atoms with E-state index < -0.39 is 0 Å². The van der Waals surface area contributed by atoms with Crippen molar-refractivity contribution in [1.82, 2.24) is 0 Å². The van der Waals surface area contributed by atoms with Gasteiger partial charge in [0.2, 0.25) is 0 Å². The average Bonchev–Trinajstić information content (AvgIpc) is 2.30. The lowest BCUT2D eigenvalue weighted by molar-refractivity contribution is 0.492. The first-order valence-corrected chi connectivity index (χ1v) is 4.18. The van der Waals surface area contributed by atoms with Crippen LogP contribution in [-0.4, -0.2) is 0 Å². The first-order valence-electron chi connectivity index (χ1n) is 4.18. The monoisotopic (exact) mass is 165 g/mol. The van der Waals surface area contributed by atoms with Gasteiger partial charge < -0.3 is 5.73 Å². The fourth-order valence-electron chi connectivity index (χ4n) is 1.87. The number of nitrogens with two attached hydrogens (primary N) is 1. The third kappa shape index (κ3) is 0.950. The van der Waals surface area contributed by atoms with Crippen molar-refractivity contribution in [3.05, 3.63) is 35.1 Å². The van der Waals surface area contributed by atoms with Crippen molar-refractivity contribution in [2.24, 2.45) is 5.73 Å². The van der Waals surface area contributed by atoms with Gasteiger partial charge in [-0.25, -0.2) is 4.39 Å². The lowest BCUT2D eigenvalue weighted by Gasteiger charge is -2.18. The highest BCUT2D eigenvalue weighted by molar-refractivity contribution is 5.38. The molecular formula is C10H12FN. The molecule has 0 bridgehead atoms. The van der Waals surface area contributed by atoms with Crippen LogP contribution in [0.5, 0.6) is 0 Å². The van der Waals surface area contributed by atoms with Gasteiger partial charge in [0.25, 0.3) is 0 Å². The molecular weight excluding hydrogens is 153 g/mol. The minimum atomic E-state index is -0.322. The molecule has 1 nitrogen and oxygen atoms in total. The summed E-state index contributed by atoms with van der Waals surface area (Å²) in [7, 11) is 0. The molecule has 12 heavy (non-hydrogen) atoms. The van der Waals surface area contributed by atoms with Gasteiger partial charge in [-0.1, -0.05) is 12.1 Å². The fraction of sp³-hybridized carbons (Fsp3) is 0.400. The third-order valence-electron chi connectivity index (χ3n) is 2.63. The smallest absolute Gasteiger partial charge is 0.126 e. The number of hydrogen-bond acceptors (Lipinski definition) is 1. The summed E-state index contributed by atoms with van der Waals surface area (Å²) in [5.74, 6) is -0.110. The topological polar surface area (TPSA) is 26.0 Å². The molecule has 1 atom stereocenters. The Kier molecular flexibility index (Phi) is 1.48. The van der Waals surface area contributed by atoms with Gasteiger partial charge in [-0.15, -0.1) is 0 Å². The van der Waals surface area contributed by atoms with Crippen LogP contribution in [0.15, 0.2) is 18.2 Å². The Labute approximate surface area is 71.4 Å². The van der Waals surface area contributed by atoms with Crippen LogP contribution in [0.4, 0.5) is 4.39 Å². The molecule has 0 aliphatic heterocycles. The molecule has 2 N–H and O–H groups in total. The summed E-state index contributed by atoms with van der Waals surface area (Å²) in [5, 5.41) is 0. The Morgan fingerprint density at radius 1 is 1.50 bits per heavy atom. The normalized spacial score (nSPS) is 27.2.